The quantitative estimate of drug-likeness (QED) is 0.712. The molecular weight excluding hydrogens is 355 g/mol. The Bertz CT molecular complexity index is 970. The molecule has 0 fully saturated rings. The van der Waals surface area contributed by atoms with Crippen molar-refractivity contribution >= 4 is 5.91 Å². The largest absolute Gasteiger partial charge is 0.486 e. The maximum Gasteiger partial charge on any atom is 0.263 e. The van der Waals surface area contributed by atoms with E-state index in [1.807, 2.05) is 0 Å². The first kappa shape index (κ1) is 18.3. The van der Waals surface area contributed by atoms with E-state index in [0.717, 1.165) is 0 Å². The molecule has 1 amide bonds. The molecule has 27 heavy (non-hydrogen) atoms. The van der Waals surface area contributed by atoms with Crippen molar-refractivity contribution in [3.8, 4) is 5.75 Å². The molecule has 1 atom stereocenters. The summed E-state index contributed by atoms with van der Waals surface area (Å²) in [4.78, 5) is 32.8. The molecule has 2 heterocycles. The molecule has 1 N–H and O–H groups in total. The average Bonchev–Trinajstić information content (AvgIpc) is 3.21. The van der Waals surface area contributed by atoms with E-state index in [2.05, 4.69) is 15.1 Å². The Balaban J connectivity index is 1.69. The molecule has 3 aromatic rings. The number of rotatable bonds is 6. The van der Waals surface area contributed by atoms with Gasteiger partial charge >= 0.3 is 0 Å². The van der Waals surface area contributed by atoms with Crippen LogP contribution in [0.2, 0.25) is 0 Å². The molecule has 0 bridgehead atoms. The lowest BCUT2D eigenvalue weighted by molar-refractivity contribution is 0.0735. The minimum Gasteiger partial charge on any atom is -0.486 e. The molecule has 140 valence electrons. The zero-order valence-corrected chi connectivity index (χ0v) is 14.7. The van der Waals surface area contributed by atoms with Gasteiger partial charge in [0.05, 0.1) is 6.04 Å². The molecule has 8 nitrogen and oxygen atoms in total. The summed E-state index contributed by atoms with van der Waals surface area (Å²) < 4.78 is 23.1. The number of nitrogens with one attached hydrogen (secondary N) is 1. The van der Waals surface area contributed by atoms with E-state index < -0.39 is 11.5 Å². The third-order valence-corrected chi connectivity index (χ3v) is 4.06. The van der Waals surface area contributed by atoms with E-state index in [1.165, 1.54) is 41.6 Å². The van der Waals surface area contributed by atoms with E-state index in [0.29, 0.717) is 11.4 Å². The van der Waals surface area contributed by atoms with Crippen LogP contribution in [0.15, 0.2) is 52.1 Å². The van der Waals surface area contributed by atoms with Gasteiger partial charge in [-0.1, -0.05) is 5.16 Å². The summed E-state index contributed by atoms with van der Waals surface area (Å²) in [5, 5.41) is 3.80. The number of halogens is 1. The Morgan fingerprint density at radius 2 is 2.07 bits per heavy atom. The predicted octanol–water partition coefficient (Wildman–Crippen LogP) is 2.31. The molecule has 0 radical (unpaired) electrons. The van der Waals surface area contributed by atoms with Crippen molar-refractivity contribution in [2.45, 2.75) is 19.6 Å². The molecule has 0 unspecified atom stereocenters. The van der Waals surface area contributed by atoms with Gasteiger partial charge in [-0.3, -0.25) is 9.59 Å². The van der Waals surface area contributed by atoms with E-state index in [4.69, 9.17) is 9.26 Å². The van der Waals surface area contributed by atoms with Crippen molar-refractivity contribution < 1.29 is 18.4 Å². The Morgan fingerprint density at radius 3 is 2.70 bits per heavy atom. The van der Waals surface area contributed by atoms with Gasteiger partial charge in [-0.15, -0.1) is 0 Å². The Hall–Kier alpha value is -3.49. The topological polar surface area (TPSA) is 101 Å². The normalized spacial score (nSPS) is 11.8. The number of benzene rings is 1. The third-order valence-electron chi connectivity index (χ3n) is 4.06. The number of carbonyl (C=O) groups excluding carboxylic acids is 1. The van der Waals surface area contributed by atoms with Gasteiger partial charge in [-0.25, -0.2) is 9.37 Å². The van der Waals surface area contributed by atoms with Crippen LogP contribution in [-0.2, 0) is 6.61 Å². The first-order chi connectivity index (χ1) is 13.0. The number of ether oxygens (including phenoxy) is 1. The van der Waals surface area contributed by atoms with Crippen molar-refractivity contribution in [1.82, 2.24) is 20.0 Å². The number of carbonyl (C=O) groups is 1. The Labute approximate surface area is 153 Å². The number of hydrogen-bond acceptors (Lipinski definition) is 6. The highest BCUT2D eigenvalue weighted by molar-refractivity contribution is 5.93. The SMILES string of the molecule is C[C@@H](c1ccon1)N(C)C(=O)c1cnc(COc2ccc(F)cc2)[nH]c1=O. The zero-order valence-electron chi connectivity index (χ0n) is 14.7. The number of aromatic nitrogens is 3. The Morgan fingerprint density at radius 1 is 1.33 bits per heavy atom. The van der Waals surface area contributed by atoms with E-state index in [1.54, 1.807) is 20.0 Å². The van der Waals surface area contributed by atoms with Gasteiger partial charge in [0.25, 0.3) is 11.5 Å². The lowest BCUT2D eigenvalue weighted by Gasteiger charge is -2.22. The molecule has 1 aromatic carbocycles. The molecule has 0 aliphatic heterocycles. The van der Waals surface area contributed by atoms with Crippen LogP contribution in [0.5, 0.6) is 5.75 Å². The van der Waals surface area contributed by atoms with Crippen molar-refractivity contribution in [2.75, 3.05) is 7.05 Å². The fraction of sp³-hybridized carbons (Fsp3) is 0.222. The van der Waals surface area contributed by atoms with Crippen LogP contribution in [0.4, 0.5) is 4.39 Å². The second kappa shape index (κ2) is 7.81. The second-order valence-electron chi connectivity index (χ2n) is 5.83. The summed E-state index contributed by atoms with van der Waals surface area (Å²) in [7, 11) is 1.56. The van der Waals surface area contributed by atoms with Crippen LogP contribution in [0.25, 0.3) is 0 Å². The van der Waals surface area contributed by atoms with E-state index >= 15 is 0 Å². The van der Waals surface area contributed by atoms with E-state index in [9.17, 15) is 14.0 Å². The predicted molar refractivity (Wildman–Crippen MR) is 92.6 cm³/mol. The number of aromatic amines is 1. The number of hydrogen-bond donors (Lipinski definition) is 1. The maximum atomic E-state index is 12.9. The van der Waals surface area contributed by atoms with Gasteiger partial charge in [0.2, 0.25) is 0 Å². The number of nitrogens with zero attached hydrogens (tertiary/aromatic N) is 3. The van der Waals surface area contributed by atoms with Gasteiger partial charge in [0.1, 0.15) is 41.5 Å². The third kappa shape index (κ3) is 4.20. The highest BCUT2D eigenvalue weighted by Gasteiger charge is 2.23. The van der Waals surface area contributed by atoms with Crippen LogP contribution in [-0.4, -0.2) is 33.0 Å². The Kier molecular flexibility index (Phi) is 5.30. The highest BCUT2D eigenvalue weighted by atomic mass is 19.1. The van der Waals surface area contributed by atoms with Crippen LogP contribution in [0, 0.1) is 5.82 Å². The van der Waals surface area contributed by atoms with Crippen LogP contribution >= 0.6 is 0 Å². The minimum absolute atomic E-state index is 0.0273. The van der Waals surface area contributed by atoms with Crippen molar-refractivity contribution in [3.05, 3.63) is 76.0 Å². The molecule has 0 saturated heterocycles. The molecular formula is C18H17FN4O4. The standard InChI is InChI=1S/C18H17FN4O4/c1-11(15-7-8-27-22-15)23(2)18(25)14-9-20-16(21-17(14)24)10-26-13-5-3-12(19)4-6-13/h3-9,11H,10H2,1-2H3,(H,20,21,24)/t11-/m0/s1. The summed E-state index contributed by atoms with van der Waals surface area (Å²) in [5.41, 5.74) is -0.107. The molecule has 0 aliphatic rings. The summed E-state index contributed by atoms with van der Waals surface area (Å²) in [6.45, 7) is 1.74. The van der Waals surface area contributed by atoms with Gasteiger partial charge < -0.3 is 19.1 Å². The average molecular weight is 372 g/mol. The van der Waals surface area contributed by atoms with Gasteiger partial charge in [-0.05, 0) is 31.2 Å². The fourth-order valence-electron chi connectivity index (χ4n) is 2.34. The van der Waals surface area contributed by atoms with Crippen molar-refractivity contribution in [3.63, 3.8) is 0 Å². The fourth-order valence-corrected chi connectivity index (χ4v) is 2.34. The minimum atomic E-state index is -0.577. The molecule has 2 aromatic heterocycles. The van der Waals surface area contributed by atoms with E-state index in [-0.39, 0.29) is 29.9 Å². The smallest absolute Gasteiger partial charge is 0.263 e. The molecule has 3 rings (SSSR count). The molecule has 0 saturated carbocycles. The number of amides is 1. The van der Waals surface area contributed by atoms with Gasteiger partial charge in [-0.2, -0.15) is 0 Å². The summed E-state index contributed by atoms with van der Waals surface area (Å²) in [6.07, 6.45) is 2.62. The first-order valence-electron chi connectivity index (χ1n) is 8.09. The van der Waals surface area contributed by atoms with Gasteiger partial charge in [0.15, 0.2) is 0 Å². The zero-order chi connectivity index (χ0) is 19.4. The summed E-state index contributed by atoms with van der Waals surface area (Å²) >= 11 is 0. The van der Waals surface area contributed by atoms with Gasteiger partial charge in [0, 0.05) is 19.3 Å². The van der Waals surface area contributed by atoms with Crippen molar-refractivity contribution in [1.29, 1.82) is 0 Å². The lowest BCUT2D eigenvalue weighted by atomic mass is 10.2. The molecule has 9 heteroatoms. The maximum absolute atomic E-state index is 12.9. The second-order valence-corrected chi connectivity index (χ2v) is 5.83. The van der Waals surface area contributed by atoms with Crippen LogP contribution < -0.4 is 10.3 Å². The summed E-state index contributed by atoms with van der Waals surface area (Å²) in [6, 6.07) is 6.72. The number of H-pyrrole nitrogens is 1. The summed E-state index contributed by atoms with van der Waals surface area (Å²) in [5.74, 6) is -0.195. The monoisotopic (exact) mass is 372 g/mol. The highest BCUT2D eigenvalue weighted by Crippen LogP contribution is 2.18. The molecule has 0 spiro atoms. The first-order valence-corrected chi connectivity index (χ1v) is 8.09. The lowest BCUT2D eigenvalue weighted by Crippen LogP contribution is -2.34. The van der Waals surface area contributed by atoms with Crippen LogP contribution in [0.1, 0.15) is 34.8 Å². The van der Waals surface area contributed by atoms with Crippen molar-refractivity contribution in [2.24, 2.45) is 0 Å². The molecule has 0 aliphatic carbocycles. The van der Waals surface area contributed by atoms with Crippen LogP contribution in [0.3, 0.4) is 0 Å².